The molecule has 4 aromatic rings. The van der Waals surface area contributed by atoms with E-state index in [-0.39, 0.29) is 26.0 Å². The molecular weight excluding hydrogens is 627 g/mol. The van der Waals surface area contributed by atoms with E-state index in [1.165, 1.54) is 0 Å². The molecule has 0 saturated carbocycles. The molecule has 8 nitrogen and oxygen atoms in total. The van der Waals surface area contributed by atoms with Crippen molar-refractivity contribution in [2.75, 3.05) is 26.0 Å². The Balaban J connectivity index is 1.48. The zero-order chi connectivity index (χ0) is 33.4. The lowest BCUT2D eigenvalue weighted by molar-refractivity contribution is -0.268. The molecule has 256 valence electrons. The normalized spacial score (nSPS) is 21.2. The number of hydrogen-bond acceptors (Lipinski definition) is 8. The summed E-state index contributed by atoms with van der Waals surface area (Å²) in [6, 6.07) is 39.9. The molecule has 0 amide bonds. The van der Waals surface area contributed by atoms with E-state index in [1.807, 2.05) is 121 Å². The van der Waals surface area contributed by atoms with Gasteiger partial charge in [0.1, 0.15) is 24.4 Å². The van der Waals surface area contributed by atoms with E-state index in [4.69, 9.17) is 32.7 Å². The van der Waals surface area contributed by atoms with Gasteiger partial charge in [0.15, 0.2) is 0 Å². The van der Waals surface area contributed by atoms with Gasteiger partial charge < -0.3 is 32.7 Å². The van der Waals surface area contributed by atoms with Crippen molar-refractivity contribution in [1.29, 1.82) is 0 Å². The van der Waals surface area contributed by atoms with E-state index in [9.17, 15) is 4.57 Å². The van der Waals surface area contributed by atoms with Gasteiger partial charge in [0.25, 0.3) is 0 Å². The SMILES string of the molecule is CCOP(=O)(C[C@@H]1O[C@H](COCc2ccccc2)[C@@H](OCc2ccccc2)[C@H](OCc2ccccc2)[C@H]1OCc1ccccc1)OCC. The number of ether oxygens (including phenoxy) is 5. The van der Waals surface area contributed by atoms with Crippen LogP contribution in [0.4, 0.5) is 0 Å². The highest BCUT2D eigenvalue weighted by Gasteiger charge is 2.50. The molecule has 9 heteroatoms. The van der Waals surface area contributed by atoms with Crippen LogP contribution < -0.4 is 0 Å². The summed E-state index contributed by atoms with van der Waals surface area (Å²) in [6.45, 7) is 5.64. The van der Waals surface area contributed by atoms with Crippen LogP contribution in [-0.4, -0.2) is 56.5 Å². The lowest BCUT2D eigenvalue weighted by atomic mass is 9.94. The minimum absolute atomic E-state index is 0.0140. The molecule has 0 unspecified atom stereocenters. The Morgan fingerprint density at radius 1 is 0.521 bits per heavy atom. The second-order valence-electron chi connectivity index (χ2n) is 11.6. The highest BCUT2D eigenvalue weighted by atomic mass is 31.2. The topological polar surface area (TPSA) is 81.7 Å². The van der Waals surface area contributed by atoms with E-state index in [2.05, 4.69) is 0 Å². The van der Waals surface area contributed by atoms with Crippen molar-refractivity contribution in [1.82, 2.24) is 0 Å². The Kier molecular flexibility index (Phi) is 14.4. The average Bonchev–Trinajstić information content (AvgIpc) is 3.11. The first-order chi connectivity index (χ1) is 23.6. The van der Waals surface area contributed by atoms with Crippen molar-refractivity contribution in [3.8, 4) is 0 Å². The molecule has 0 N–H and O–H groups in total. The molecule has 0 bridgehead atoms. The second-order valence-corrected chi connectivity index (χ2v) is 13.7. The van der Waals surface area contributed by atoms with E-state index in [0.717, 1.165) is 22.3 Å². The monoisotopic (exact) mass is 674 g/mol. The van der Waals surface area contributed by atoms with Gasteiger partial charge in [-0.2, -0.15) is 0 Å². The summed E-state index contributed by atoms with van der Waals surface area (Å²) in [7, 11) is -3.55. The van der Waals surface area contributed by atoms with E-state index >= 15 is 0 Å². The van der Waals surface area contributed by atoms with Gasteiger partial charge in [-0.05, 0) is 36.1 Å². The third kappa shape index (κ3) is 10.9. The van der Waals surface area contributed by atoms with Gasteiger partial charge in [-0.3, -0.25) is 4.57 Å². The molecular formula is C39H47O8P. The molecule has 1 aliphatic heterocycles. The van der Waals surface area contributed by atoms with Crippen molar-refractivity contribution in [3.63, 3.8) is 0 Å². The van der Waals surface area contributed by atoms with Crippen LogP contribution in [0.15, 0.2) is 121 Å². The van der Waals surface area contributed by atoms with Crippen LogP contribution in [0.25, 0.3) is 0 Å². The second kappa shape index (κ2) is 19.1. The fourth-order valence-corrected chi connectivity index (χ4v) is 7.59. The Hall–Kier alpha value is -3.17. The summed E-state index contributed by atoms with van der Waals surface area (Å²) in [5.74, 6) is 0. The van der Waals surface area contributed by atoms with E-state index in [0.29, 0.717) is 26.4 Å². The van der Waals surface area contributed by atoms with E-state index < -0.39 is 38.1 Å². The molecule has 0 spiro atoms. The Morgan fingerprint density at radius 3 is 1.31 bits per heavy atom. The van der Waals surface area contributed by atoms with Crippen molar-refractivity contribution in [2.45, 2.75) is 70.8 Å². The smallest absolute Gasteiger partial charge is 0.333 e. The summed E-state index contributed by atoms with van der Waals surface area (Å²) in [6.07, 6.45) is -3.16. The molecule has 0 aromatic heterocycles. The van der Waals surface area contributed by atoms with Gasteiger partial charge in [-0.15, -0.1) is 0 Å². The first-order valence-electron chi connectivity index (χ1n) is 16.7. The van der Waals surface area contributed by atoms with Gasteiger partial charge in [-0.1, -0.05) is 121 Å². The van der Waals surface area contributed by atoms with Crippen molar-refractivity contribution in [2.24, 2.45) is 0 Å². The van der Waals surface area contributed by atoms with Crippen LogP contribution in [0.5, 0.6) is 0 Å². The van der Waals surface area contributed by atoms with Crippen molar-refractivity contribution in [3.05, 3.63) is 144 Å². The summed E-state index contributed by atoms with van der Waals surface area (Å²) in [5.41, 5.74) is 4.07. The number of rotatable bonds is 19. The third-order valence-electron chi connectivity index (χ3n) is 8.03. The van der Waals surface area contributed by atoms with Crippen LogP contribution >= 0.6 is 7.60 Å². The predicted molar refractivity (Wildman–Crippen MR) is 186 cm³/mol. The van der Waals surface area contributed by atoms with Crippen molar-refractivity contribution >= 4 is 7.60 Å². The minimum atomic E-state index is -3.55. The Morgan fingerprint density at radius 2 is 0.896 bits per heavy atom. The summed E-state index contributed by atoms with van der Waals surface area (Å²) < 4.78 is 58.7. The van der Waals surface area contributed by atoms with Crippen LogP contribution in [0.3, 0.4) is 0 Å². The van der Waals surface area contributed by atoms with Crippen LogP contribution in [0.1, 0.15) is 36.1 Å². The third-order valence-corrected chi connectivity index (χ3v) is 10.1. The highest BCUT2D eigenvalue weighted by Crippen LogP contribution is 2.50. The number of hydrogen-bond donors (Lipinski definition) is 0. The molecule has 5 rings (SSSR count). The fourth-order valence-electron chi connectivity index (χ4n) is 5.79. The molecule has 48 heavy (non-hydrogen) atoms. The van der Waals surface area contributed by atoms with Gasteiger partial charge in [0.2, 0.25) is 0 Å². The Labute approximate surface area is 284 Å². The molecule has 4 aromatic carbocycles. The van der Waals surface area contributed by atoms with Crippen LogP contribution in [-0.2, 0) is 63.7 Å². The zero-order valence-electron chi connectivity index (χ0n) is 27.8. The quantitative estimate of drug-likeness (QED) is 0.0927. The molecule has 1 heterocycles. The fraction of sp³-hybridized carbons (Fsp3) is 0.385. The number of benzene rings is 4. The first-order valence-corrected chi connectivity index (χ1v) is 18.4. The largest absolute Gasteiger partial charge is 0.374 e. The summed E-state index contributed by atoms with van der Waals surface area (Å²) >= 11 is 0. The lowest BCUT2D eigenvalue weighted by Gasteiger charge is -2.46. The van der Waals surface area contributed by atoms with E-state index in [1.54, 1.807) is 13.8 Å². The summed E-state index contributed by atoms with van der Waals surface area (Å²) in [4.78, 5) is 0. The molecule has 1 aliphatic rings. The average molecular weight is 675 g/mol. The van der Waals surface area contributed by atoms with Gasteiger partial charge in [0.05, 0.1) is 58.5 Å². The van der Waals surface area contributed by atoms with Crippen LogP contribution in [0, 0.1) is 0 Å². The van der Waals surface area contributed by atoms with Crippen molar-refractivity contribution < 1.29 is 37.3 Å². The maximum Gasteiger partial charge on any atom is 0.333 e. The lowest BCUT2D eigenvalue weighted by Crippen LogP contribution is -2.62. The maximum absolute atomic E-state index is 14.0. The standard InChI is InChI=1S/C39H47O8P/c1-3-45-48(40,46-4-2)30-36-38(43-27-33-21-13-7-14-22-33)39(44-28-34-23-15-8-16-24-34)37(42-26-32-19-11-6-12-20-32)35(47-36)29-41-25-31-17-9-5-10-18-31/h5-24,35-39H,3-4,25-30H2,1-2H3/t35-,36+,37-,38+,39+/m1/s1. The molecule has 1 fully saturated rings. The minimum Gasteiger partial charge on any atom is -0.374 e. The Bertz CT molecular complexity index is 1480. The molecule has 5 atom stereocenters. The van der Waals surface area contributed by atoms with Crippen LogP contribution in [0.2, 0.25) is 0 Å². The van der Waals surface area contributed by atoms with Gasteiger partial charge in [-0.25, -0.2) is 0 Å². The predicted octanol–water partition coefficient (Wildman–Crippen LogP) is 7.99. The highest BCUT2D eigenvalue weighted by molar-refractivity contribution is 7.53. The van der Waals surface area contributed by atoms with Gasteiger partial charge >= 0.3 is 7.60 Å². The molecule has 1 saturated heterocycles. The maximum atomic E-state index is 14.0. The first kappa shape index (κ1) is 36.1. The van der Waals surface area contributed by atoms with Gasteiger partial charge in [0, 0.05) is 0 Å². The summed E-state index contributed by atoms with van der Waals surface area (Å²) in [5, 5.41) is 0. The molecule has 0 aliphatic carbocycles. The zero-order valence-corrected chi connectivity index (χ0v) is 28.7. The molecule has 0 radical (unpaired) electrons.